The SMILES string of the molecule is COC1(c2nnc(CN3CCOCC(F)(F)C3)o2)CCOC1. The molecule has 1 aromatic rings. The topological polar surface area (TPSA) is 69.9 Å². The molecule has 0 N–H and O–H groups in total. The summed E-state index contributed by atoms with van der Waals surface area (Å²) in [5, 5.41) is 7.95. The van der Waals surface area contributed by atoms with Crippen LogP contribution in [0.15, 0.2) is 4.42 Å². The Balaban J connectivity index is 1.69. The Morgan fingerprint density at radius 2 is 2.05 bits per heavy atom. The van der Waals surface area contributed by atoms with Crippen LogP contribution >= 0.6 is 0 Å². The van der Waals surface area contributed by atoms with Crippen LogP contribution in [0.1, 0.15) is 18.2 Å². The number of rotatable bonds is 4. The van der Waals surface area contributed by atoms with E-state index >= 15 is 0 Å². The van der Waals surface area contributed by atoms with Crippen LogP contribution < -0.4 is 0 Å². The summed E-state index contributed by atoms with van der Waals surface area (Å²) in [7, 11) is 1.56. The number of hydrogen-bond donors (Lipinski definition) is 0. The third-order valence-corrected chi connectivity index (χ3v) is 3.91. The molecule has 2 aliphatic rings. The highest BCUT2D eigenvalue weighted by Gasteiger charge is 2.42. The predicted octanol–water partition coefficient (Wildman–Crippen LogP) is 0.799. The van der Waals surface area contributed by atoms with Crippen molar-refractivity contribution in [3.63, 3.8) is 0 Å². The van der Waals surface area contributed by atoms with Gasteiger partial charge in [-0.05, 0) is 0 Å². The summed E-state index contributed by atoms with van der Waals surface area (Å²) in [6.07, 6.45) is 0.626. The normalized spacial score (nSPS) is 29.6. The van der Waals surface area contributed by atoms with Crippen molar-refractivity contribution in [2.45, 2.75) is 24.5 Å². The zero-order valence-electron chi connectivity index (χ0n) is 12.4. The summed E-state index contributed by atoms with van der Waals surface area (Å²) in [5.41, 5.74) is -0.725. The molecule has 0 radical (unpaired) electrons. The van der Waals surface area contributed by atoms with Gasteiger partial charge >= 0.3 is 0 Å². The average Bonchev–Trinajstić information content (AvgIpc) is 3.09. The van der Waals surface area contributed by atoms with E-state index in [0.29, 0.717) is 32.1 Å². The van der Waals surface area contributed by atoms with E-state index in [1.807, 2.05) is 0 Å². The molecule has 2 fully saturated rings. The minimum Gasteiger partial charge on any atom is -0.421 e. The number of hydrogen-bond acceptors (Lipinski definition) is 7. The molecule has 1 atom stereocenters. The molecule has 3 heterocycles. The van der Waals surface area contributed by atoms with E-state index < -0.39 is 18.1 Å². The third kappa shape index (κ3) is 3.27. The average molecular weight is 319 g/mol. The zero-order chi connectivity index (χ0) is 15.6. The summed E-state index contributed by atoms with van der Waals surface area (Å²) in [6.45, 7) is 0.777. The molecule has 2 aliphatic heterocycles. The maximum atomic E-state index is 13.5. The highest BCUT2D eigenvalue weighted by molar-refractivity contribution is 5.01. The van der Waals surface area contributed by atoms with Gasteiger partial charge in [0.05, 0.1) is 32.9 Å². The molecule has 1 unspecified atom stereocenters. The lowest BCUT2D eigenvalue weighted by atomic mass is 10.0. The minimum atomic E-state index is -2.87. The second-order valence-electron chi connectivity index (χ2n) is 5.62. The van der Waals surface area contributed by atoms with Crippen LogP contribution in [-0.4, -0.2) is 67.6 Å². The smallest absolute Gasteiger partial charge is 0.283 e. The molecule has 0 saturated carbocycles. The van der Waals surface area contributed by atoms with Gasteiger partial charge in [-0.15, -0.1) is 10.2 Å². The largest absolute Gasteiger partial charge is 0.421 e. The Kier molecular flexibility index (Phi) is 4.40. The standard InChI is InChI=1S/C13H19F2N3O4/c1-19-12(2-4-20-8-12)11-17-16-10(22-11)6-18-3-5-21-9-13(14,15)7-18/h2-9H2,1H3. The van der Waals surface area contributed by atoms with Crippen molar-refractivity contribution in [2.24, 2.45) is 0 Å². The molecule has 124 valence electrons. The number of aromatic nitrogens is 2. The monoisotopic (exact) mass is 319 g/mol. The summed E-state index contributed by atoms with van der Waals surface area (Å²) in [6, 6.07) is 0. The van der Waals surface area contributed by atoms with Crippen LogP contribution in [0.5, 0.6) is 0 Å². The van der Waals surface area contributed by atoms with Gasteiger partial charge < -0.3 is 18.6 Å². The third-order valence-electron chi connectivity index (χ3n) is 3.91. The van der Waals surface area contributed by atoms with Crippen molar-refractivity contribution < 1.29 is 27.4 Å². The van der Waals surface area contributed by atoms with Crippen LogP contribution in [0.2, 0.25) is 0 Å². The summed E-state index contributed by atoms with van der Waals surface area (Å²) in [4.78, 5) is 1.55. The van der Waals surface area contributed by atoms with Crippen molar-refractivity contribution in [2.75, 3.05) is 46.6 Å². The number of halogens is 2. The van der Waals surface area contributed by atoms with Gasteiger partial charge in [-0.2, -0.15) is 0 Å². The van der Waals surface area contributed by atoms with E-state index in [1.54, 1.807) is 12.0 Å². The first kappa shape index (κ1) is 15.7. The van der Waals surface area contributed by atoms with E-state index in [4.69, 9.17) is 18.6 Å². The van der Waals surface area contributed by atoms with Crippen LogP contribution in [0, 0.1) is 0 Å². The molecule has 1 aromatic heterocycles. The summed E-state index contributed by atoms with van der Waals surface area (Å²) in [5.74, 6) is -2.25. The van der Waals surface area contributed by atoms with Gasteiger partial charge in [0.1, 0.15) is 6.61 Å². The molecular formula is C13H19F2N3O4. The lowest BCUT2D eigenvalue weighted by Crippen LogP contribution is -2.37. The number of ether oxygens (including phenoxy) is 3. The van der Waals surface area contributed by atoms with Crippen molar-refractivity contribution in [1.29, 1.82) is 0 Å². The van der Waals surface area contributed by atoms with E-state index in [2.05, 4.69) is 10.2 Å². The zero-order valence-corrected chi connectivity index (χ0v) is 12.4. The molecule has 0 bridgehead atoms. The number of nitrogens with zero attached hydrogens (tertiary/aromatic N) is 3. The van der Waals surface area contributed by atoms with Gasteiger partial charge in [-0.1, -0.05) is 0 Å². The summed E-state index contributed by atoms with van der Waals surface area (Å²) < 4.78 is 48.3. The lowest BCUT2D eigenvalue weighted by Gasteiger charge is -2.22. The fourth-order valence-electron chi connectivity index (χ4n) is 2.66. The molecule has 22 heavy (non-hydrogen) atoms. The van der Waals surface area contributed by atoms with Crippen molar-refractivity contribution >= 4 is 0 Å². The van der Waals surface area contributed by atoms with E-state index in [1.165, 1.54) is 0 Å². The Bertz CT molecular complexity index is 505. The van der Waals surface area contributed by atoms with Crippen molar-refractivity contribution in [3.05, 3.63) is 11.8 Å². The second-order valence-corrected chi connectivity index (χ2v) is 5.62. The van der Waals surface area contributed by atoms with Gasteiger partial charge in [0.2, 0.25) is 5.89 Å². The van der Waals surface area contributed by atoms with Gasteiger partial charge in [0.15, 0.2) is 5.60 Å². The number of methoxy groups -OCH3 is 1. The highest BCUT2D eigenvalue weighted by Crippen LogP contribution is 2.33. The molecule has 0 aromatic carbocycles. The Morgan fingerprint density at radius 1 is 1.23 bits per heavy atom. The van der Waals surface area contributed by atoms with Gasteiger partial charge in [-0.3, -0.25) is 4.90 Å². The minimum absolute atomic E-state index is 0.159. The van der Waals surface area contributed by atoms with Crippen LogP contribution in [-0.2, 0) is 26.4 Å². The molecule has 2 saturated heterocycles. The maximum absolute atomic E-state index is 13.5. The summed E-state index contributed by atoms with van der Waals surface area (Å²) >= 11 is 0. The van der Waals surface area contributed by atoms with Crippen LogP contribution in [0.25, 0.3) is 0 Å². The fourth-order valence-corrected chi connectivity index (χ4v) is 2.66. The molecule has 0 spiro atoms. The molecule has 0 amide bonds. The van der Waals surface area contributed by atoms with E-state index in [9.17, 15) is 8.78 Å². The first-order valence-corrected chi connectivity index (χ1v) is 7.17. The van der Waals surface area contributed by atoms with Crippen LogP contribution in [0.3, 0.4) is 0 Å². The Morgan fingerprint density at radius 3 is 2.77 bits per heavy atom. The van der Waals surface area contributed by atoms with Gasteiger partial charge in [0, 0.05) is 20.1 Å². The molecule has 0 aliphatic carbocycles. The Labute approximate surface area is 126 Å². The van der Waals surface area contributed by atoms with Crippen molar-refractivity contribution in [3.8, 4) is 0 Å². The van der Waals surface area contributed by atoms with Crippen LogP contribution in [0.4, 0.5) is 8.78 Å². The molecular weight excluding hydrogens is 300 g/mol. The first-order chi connectivity index (χ1) is 10.5. The maximum Gasteiger partial charge on any atom is 0.283 e. The van der Waals surface area contributed by atoms with E-state index in [0.717, 1.165) is 0 Å². The van der Waals surface area contributed by atoms with E-state index in [-0.39, 0.29) is 25.6 Å². The highest BCUT2D eigenvalue weighted by atomic mass is 19.3. The molecule has 7 nitrogen and oxygen atoms in total. The second kappa shape index (κ2) is 6.15. The number of alkyl halides is 2. The molecule has 3 rings (SSSR count). The lowest BCUT2D eigenvalue weighted by molar-refractivity contribution is -0.0697. The first-order valence-electron chi connectivity index (χ1n) is 7.17. The van der Waals surface area contributed by atoms with Crippen molar-refractivity contribution in [1.82, 2.24) is 15.1 Å². The molecule has 9 heteroatoms. The van der Waals surface area contributed by atoms with Gasteiger partial charge in [0.25, 0.3) is 11.8 Å². The fraction of sp³-hybridized carbons (Fsp3) is 0.846. The van der Waals surface area contributed by atoms with Gasteiger partial charge in [-0.25, -0.2) is 8.78 Å². The Hall–Kier alpha value is -1.16. The quantitative estimate of drug-likeness (QED) is 0.813. The predicted molar refractivity (Wildman–Crippen MR) is 69.5 cm³/mol.